The summed E-state index contributed by atoms with van der Waals surface area (Å²) in [5, 5.41) is 11.5. The van der Waals surface area contributed by atoms with E-state index in [0.29, 0.717) is 47.7 Å². The van der Waals surface area contributed by atoms with Crippen molar-refractivity contribution in [2.24, 2.45) is 0 Å². The van der Waals surface area contributed by atoms with Crippen molar-refractivity contribution in [3.05, 3.63) is 105 Å². The Morgan fingerprint density at radius 3 is 2.41 bits per heavy atom. The van der Waals surface area contributed by atoms with E-state index < -0.39 is 28.6 Å². The topological polar surface area (TPSA) is 84.9 Å². The average molecular weight is 549 g/mol. The van der Waals surface area contributed by atoms with E-state index in [1.807, 2.05) is 12.1 Å². The number of morpholine rings is 1. The summed E-state index contributed by atoms with van der Waals surface area (Å²) in [5.41, 5.74) is 0.330. The molecule has 10 heteroatoms. The van der Waals surface area contributed by atoms with Crippen molar-refractivity contribution in [3.8, 4) is 5.75 Å². The first-order chi connectivity index (χ1) is 18.9. The van der Waals surface area contributed by atoms with Crippen LogP contribution in [0.2, 0.25) is 0 Å². The van der Waals surface area contributed by atoms with E-state index in [1.165, 1.54) is 34.9 Å². The molecule has 3 aromatic carbocycles. The molecule has 6 rings (SSSR count). The van der Waals surface area contributed by atoms with Crippen LogP contribution in [-0.2, 0) is 11.3 Å². The van der Waals surface area contributed by atoms with Gasteiger partial charge in [0.2, 0.25) is 0 Å². The molecular weight excluding hydrogens is 526 g/mol. The standard InChI is InChI=1S/C29H22F2N2O5S/c30-18-4-1-3-17(13-18)16-33-23-8-7-20(32-9-11-37-12-10-32)15-22(23)26-24(28(33)35)25(34)27(29(36)38-26)39-21-6-2-5-19(31)14-21/h1-8,13-15,34H,9-12,16H2. The monoisotopic (exact) mass is 548 g/mol. The maximum Gasteiger partial charge on any atom is 0.354 e. The highest BCUT2D eigenvalue weighted by molar-refractivity contribution is 7.99. The highest BCUT2D eigenvalue weighted by atomic mass is 32.2. The van der Waals surface area contributed by atoms with Gasteiger partial charge in [-0.05, 0) is 54.1 Å². The number of rotatable bonds is 5. The second-order valence-electron chi connectivity index (χ2n) is 9.15. The number of anilines is 1. The Bertz CT molecular complexity index is 1850. The quantitative estimate of drug-likeness (QED) is 0.305. The number of pyridine rings is 1. The summed E-state index contributed by atoms with van der Waals surface area (Å²) in [5.74, 6) is -1.50. The molecule has 3 heterocycles. The van der Waals surface area contributed by atoms with Crippen molar-refractivity contribution >= 4 is 39.3 Å². The fraction of sp³-hybridized carbons (Fsp3) is 0.172. The minimum atomic E-state index is -0.852. The number of aromatic nitrogens is 1. The molecular formula is C29H22F2N2O5S. The van der Waals surface area contributed by atoms with Crippen molar-refractivity contribution < 1.29 is 23.0 Å². The smallest absolute Gasteiger partial charge is 0.354 e. The Morgan fingerprint density at radius 2 is 1.67 bits per heavy atom. The zero-order valence-electron chi connectivity index (χ0n) is 20.5. The largest absolute Gasteiger partial charge is 0.505 e. The van der Waals surface area contributed by atoms with E-state index in [9.17, 15) is 23.5 Å². The van der Waals surface area contributed by atoms with Crippen molar-refractivity contribution in [2.75, 3.05) is 31.2 Å². The summed E-state index contributed by atoms with van der Waals surface area (Å²) in [7, 11) is 0. The first-order valence-corrected chi connectivity index (χ1v) is 13.1. The van der Waals surface area contributed by atoms with Crippen LogP contribution in [0.25, 0.3) is 21.9 Å². The number of nitrogens with zero attached hydrogens (tertiary/aromatic N) is 2. The maximum atomic E-state index is 14.0. The first kappa shape index (κ1) is 25.1. The van der Waals surface area contributed by atoms with Crippen LogP contribution >= 0.6 is 11.8 Å². The lowest BCUT2D eigenvalue weighted by Gasteiger charge is -2.29. The molecule has 0 spiro atoms. The van der Waals surface area contributed by atoms with E-state index in [-0.39, 0.29) is 22.4 Å². The fourth-order valence-electron chi connectivity index (χ4n) is 4.81. The molecule has 2 aromatic heterocycles. The second kappa shape index (κ2) is 10.2. The molecule has 0 aliphatic carbocycles. The van der Waals surface area contributed by atoms with Gasteiger partial charge in [0.25, 0.3) is 5.56 Å². The van der Waals surface area contributed by atoms with Crippen molar-refractivity contribution in [3.63, 3.8) is 0 Å². The van der Waals surface area contributed by atoms with Crippen LogP contribution in [0.15, 0.2) is 90.5 Å². The molecule has 198 valence electrons. The van der Waals surface area contributed by atoms with Gasteiger partial charge in [0, 0.05) is 29.1 Å². The molecule has 0 radical (unpaired) electrons. The Balaban J connectivity index is 1.61. The molecule has 0 bridgehead atoms. The Labute approximate surface area is 224 Å². The molecule has 7 nitrogen and oxygen atoms in total. The predicted octanol–water partition coefficient (Wildman–Crippen LogP) is 5.13. The zero-order valence-corrected chi connectivity index (χ0v) is 21.3. The van der Waals surface area contributed by atoms with Gasteiger partial charge >= 0.3 is 5.63 Å². The second-order valence-corrected chi connectivity index (χ2v) is 10.2. The predicted molar refractivity (Wildman–Crippen MR) is 145 cm³/mol. The van der Waals surface area contributed by atoms with Gasteiger partial charge in [-0.25, -0.2) is 13.6 Å². The molecule has 0 atom stereocenters. The van der Waals surface area contributed by atoms with E-state index in [1.54, 1.807) is 24.3 Å². The van der Waals surface area contributed by atoms with E-state index in [2.05, 4.69) is 4.90 Å². The molecule has 1 aliphatic heterocycles. The molecule has 5 aromatic rings. The van der Waals surface area contributed by atoms with Crippen molar-refractivity contribution in [1.29, 1.82) is 0 Å². The third-order valence-corrected chi connectivity index (χ3v) is 7.71. The zero-order chi connectivity index (χ0) is 27.1. The highest BCUT2D eigenvalue weighted by Crippen LogP contribution is 2.38. The van der Waals surface area contributed by atoms with Crippen LogP contribution in [0, 0.1) is 11.6 Å². The first-order valence-electron chi connectivity index (χ1n) is 12.3. The van der Waals surface area contributed by atoms with Crippen LogP contribution in [0.5, 0.6) is 5.75 Å². The molecule has 0 amide bonds. The van der Waals surface area contributed by atoms with Crippen molar-refractivity contribution in [1.82, 2.24) is 4.57 Å². The lowest BCUT2D eigenvalue weighted by atomic mass is 10.1. The minimum Gasteiger partial charge on any atom is -0.505 e. The number of hydrogen-bond donors (Lipinski definition) is 1. The number of halogens is 2. The van der Waals surface area contributed by atoms with Gasteiger partial charge in [-0.3, -0.25) is 4.79 Å². The molecule has 1 saturated heterocycles. The van der Waals surface area contributed by atoms with Gasteiger partial charge < -0.3 is 23.7 Å². The lowest BCUT2D eigenvalue weighted by Crippen LogP contribution is -2.36. The molecule has 1 N–H and O–H groups in total. The van der Waals surface area contributed by atoms with E-state index in [0.717, 1.165) is 17.4 Å². The van der Waals surface area contributed by atoms with Crippen LogP contribution < -0.4 is 16.1 Å². The van der Waals surface area contributed by atoms with Crippen molar-refractivity contribution in [2.45, 2.75) is 16.3 Å². The third kappa shape index (κ3) is 4.77. The van der Waals surface area contributed by atoms with E-state index >= 15 is 0 Å². The number of ether oxygens (including phenoxy) is 1. The summed E-state index contributed by atoms with van der Waals surface area (Å²) in [6, 6.07) is 16.9. The van der Waals surface area contributed by atoms with Gasteiger partial charge in [-0.15, -0.1) is 0 Å². The number of fused-ring (bicyclic) bond motifs is 3. The molecule has 0 saturated carbocycles. The van der Waals surface area contributed by atoms with Crippen LogP contribution in [0.3, 0.4) is 0 Å². The van der Waals surface area contributed by atoms with Crippen LogP contribution in [-0.4, -0.2) is 36.0 Å². The minimum absolute atomic E-state index is 0.0187. The lowest BCUT2D eigenvalue weighted by molar-refractivity contribution is 0.122. The van der Waals surface area contributed by atoms with Gasteiger partial charge in [0.05, 0.1) is 25.3 Å². The van der Waals surface area contributed by atoms with E-state index in [4.69, 9.17) is 9.15 Å². The van der Waals surface area contributed by atoms with Gasteiger partial charge in [-0.1, -0.05) is 30.0 Å². The summed E-state index contributed by atoms with van der Waals surface area (Å²) < 4.78 is 40.3. The molecule has 1 aliphatic rings. The number of benzene rings is 3. The van der Waals surface area contributed by atoms with Gasteiger partial charge in [-0.2, -0.15) is 0 Å². The Morgan fingerprint density at radius 1 is 0.923 bits per heavy atom. The Kier molecular flexibility index (Phi) is 6.58. The maximum absolute atomic E-state index is 14.0. The molecule has 0 unspecified atom stereocenters. The summed E-state index contributed by atoms with van der Waals surface area (Å²) in [6.45, 7) is 2.47. The SMILES string of the molecule is O=c1oc2c(c(O)c1Sc1cccc(F)c1)c(=O)n(Cc1cccc(F)c1)c1ccc(N3CCOCC3)cc21. The normalized spacial score (nSPS) is 13.8. The summed E-state index contributed by atoms with van der Waals surface area (Å²) in [6.07, 6.45) is 0. The highest BCUT2D eigenvalue weighted by Gasteiger charge is 2.24. The fourth-order valence-corrected chi connectivity index (χ4v) is 5.69. The van der Waals surface area contributed by atoms with Crippen LogP contribution in [0.1, 0.15) is 5.56 Å². The number of aromatic hydroxyl groups is 1. The summed E-state index contributed by atoms with van der Waals surface area (Å²) in [4.78, 5) is 29.2. The average Bonchev–Trinajstić information content (AvgIpc) is 2.93. The molecule has 1 fully saturated rings. The Hall–Kier alpha value is -4.15. The van der Waals surface area contributed by atoms with Crippen LogP contribution in [0.4, 0.5) is 14.5 Å². The van der Waals surface area contributed by atoms with Gasteiger partial charge in [0.15, 0.2) is 11.3 Å². The summed E-state index contributed by atoms with van der Waals surface area (Å²) >= 11 is 0.806. The third-order valence-electron chi connectivity index (χ3n) is 6.66. The van der Waals surface area contributed by atoms with Gasteiger partial charge in [0.1, 0.15) is 21.9 Å². The number of hydrogen-bond acceptors (Lipinski definition) is 7. The molecule has 39 heavy (non-hydrogen) atoms.